The highest BCUT2D eigenvalue weighted by atomic mass is 15.3. The van der Waals surface area contributed by atoms with E-state index in [0.717, 1.165) is 19.0 Å². The Bertz CT molecular complexity index is 321. The average Bonchev–Trinajstić information content (AvgIpc) is 2.71. The quantitative estimate of drug-likeness (QED) is 0.590. The molecule has 0 radical (unpaired) electrons. The van der Waals surface area contributed by atoms with E-state index in [2.05, 4.69) is 42.9 Å². The number of nitrogens with one attached hydrogen (secondary N) is 1. The number of hydrogen-bond donors (Lipinski definition) is 1. The first-order chi connectivity index (χ1) is 7.90. The fourth-order valence-electron chi connectivity index (χ4n) is 2.66. The number of guanidine groups is 1. The van der Waals surface area contributed by atoms with Crippen LogP contribution in [0.15, 0.2) is 4.99 Å². The largest absolute Gasteiger partial charge is 0.353 e. The molecule has 1 heterocycles. The van der Waals surface area contributed by atoms with Crippen molar-refractivity contribution >= 4 is 5.96 Å². The van der Waals surface area contributed by atoms with Crippen LogP contribution in [0.25, 0.3) is 0 Å². The zero-order chi connectivity index (χ0) is 12.7. The first-order valence-corrected chi connectivity index (χ1v) is 6.88. The summed E-state index contributed by atoms with van der Waals surface area (Å²) in [5.74, 6) is 1.11. The van der Waals surface area contributed by atoms with Gasteiger partial charge in [-0.2, -0.15) is 0 Å². The molecule has 98 valence electrons. The van der Waals surface area contributed by atoms with Gasteiger partial charge in [0.1, 0.15) is 0 Å². The lowest BCUT2D eigenvalue weighted by Gasteiger charge is -2.25. The zero-order valence-corrected chi connectivity index (χ0v) is 12.0. The maximum absolute atomic E-state index is 4.45. The Balaban J connectivity index is 1.93. The molecule has 2 fully saturated rings. The molecule has 1 N–H and O–H groups in total. The first kappa shape index (κ1) is 12.7. The summed E-state index contributed by atoms with van der Waals surface area (Å²) in [4.78, 5) is 6.88. The third kappa shape index (κ3) is 2.58. The maximum atomic E-state index is 4.45. The molecule has 0 aromatic carbocycles. The Morgan fingerprint density at radius 3 is 2.47 bits per heavy atom. The van der Waals surface area contributed by atoms with E-state index in [1.165, 1.54) is 19.3 Å². The maximum Gasteiger partial charge on any atom is 0.193 e. The number of hydrogen-bond acceptors (Lipinski definition) is 1. The second kappa shape index (κ2) is 4.18. The molecule has 0 bridgehead atoms. The minimum absolute atomic E-state index is 0.462. The van der Waals surface area contributed by atoms with E-state index in [0.29, 0.717) is 16.9 Å². The van der Waals surface area contributed by atoms with Gasteiger partial charge in [-0.05, 0) is 30.1 Å². The Morgan fingerprint density at radius 1 is 1.41 bits per heavy atom. The van der Waals surface area contributed by atoms with Crippen LogP contribution < -0.4 is 5.32 Å². The van der Waals surface area contributed by atoms with Gasteiger partial charge in [0, 0.05) is 26.2 Å². The summed E-state index contributed by atoms with van der Waals surface area (Å²) < 4.78 is 0. The van der Waals surface area contributed by atoms with Crippen molar-refractivity contribution in [3.8, 4) is 0 Å². The van der Waals surface area contributed by atoms with Gasteiger partial charge in [0.15, 0.2) is 5.96 Å². The second-order valence-corrected chi connectivity index (χ2v) is 6.77. The molecule has 2 rings (SSSR count). The van der Waals surface area contributed by atoms with Gasteiger partial charge >= 0.3 is 0 Å². The van der Waals surface area contributed by atoms with Crippen LogP contribution in [-0.4, -0.2) is 37.0 Å². The molecule has 2 unspecified atom stereocenters. The van der Waals surface area contributed by atoms with Crippen LogP contribution >= 0.6 is 0 Å². The highest BCUT2D eigenvalue weighted by Gasteiger charge is 2.47. The fourth-order valence-corrected chi connectivity index (χ4v) is 2.66. The monoisotopic (exact) mass is 237 g/mol. The summed E-state index contributed by atoms with van der Waals surface area (Å²) >= 11 is 0. The topological polar surface area (TPSA) is 27.6 Å². The third-order valence-electron chi connectivity index (χ3n) is 4.74. The van der Waals surface area contributed by atoms with E-state index >= 15 is 0 Å². The van der Waals surface area contributed by atoms with Crippen molar-refractivity contribution in [2.75, 3.05) is 20.1 Å². The molecule has 1 aliphatic heterocycles. The molecule has 1 saturated heterocycles. The van der Waals surface area contributed by atoms with Crippen LogP contribution in [0.1, 0.15) is 47.0 Å². The standard InChI is InChI=1S/C14H27N3/c1-6-14(4)7-8-17(10-14)12(15-5)16-11-9-13(11,2)3/h11H,6-10H2,1-5H3,(H,15,16). The minimum Gasteiger partial charge on any atom is -0.353 e. The smallest absolute Gasteiger partial charge is 0.193 e. The van der Waals surface area contributed by atoms with Gasteiger partial charge in [0.05, 0.1) is 0 Å². The predicted molar refractivity (Wildman–Crippen MR) is 73.3 cm³/mol. The minimum atomic E-state index is 0.462. The van der Waals surface area contributed by atoms with E-state index in [1.54, 1.807) is 0 Å². The normalized spacial score (nSPS) is 36.2. The Hall–Kier alpha value is -0.730. The van der Waals surface area contributed by atoms with Gasteiger partial charge in [-0.3, -0.25) is 4.99 Å². The average molecular weight is 237 g/mol. The fraction of sp³-hybridized carbons (Fsp3) is 0.929. The molecule has 3 nitrogen and oxygen atoms in total. The summed E-state index contributed by atoms with van der Waals surface area (Å²) in [7, 11) is 1.90. The zero-order valence-electron chi connectivity index (χ0n) is 12.0. The van der Waals surface area contributed by atoms with Crippen LogP contribution in [0.3, 0.4) is 0 Å². The predicted octanol–water partition coefficient (Wildman–Crippen LogP) is 2.48. The lowest BCUT2D eigenvalue weighted by molar-refractivity contribution is 0.321. The molecule has 0 aromatic heterocycles. The lowest BCUT2D eigenvalue weighted by Crippen LogP contribution is -2.42. The van der Waals surface area contributed by atoms with E-state index in [1.807, 2.05) is 7.05 Å². The van der Waals surface area contributed by atoms with Crippen LogP contribution in [0.2, 0.25) is 0 Å². The van der Waals surface area contributed by atoms with E-state index in [9.17, 15) is 0 Å². The van der Waals surface area contributed by atoms with Crippen molar-refractivity contribution in [1.29, 1.82) is 0 Å². The van der Waals surface area contributed by atoms with Crippen molar-refractivity contribution in [2.45, 2.75) is 53.0 Å². The lowest BCUT2D eigenvalue weighted by atomic mass is 9.87. The Morgan fingerprint density at radius 2 is 2.06 bits per heavy atom. The molecule has 1 aliphatic carbocycles. The van der Waals surface area contributed by atoms with Gasteiger partial charge in [0.25, 0.3) is 0 Å². The number of aliphatic imine (C=N–C) groups is 1. The molecule has 17 heavy (non-hydrogen) atoms. The van der Waals surface area contributed by atoms with Crippen molar-refractivity contribution in [3.63, 3.8) is 0 Å². The van der Waals surface area contributed by atoms with Crippen molar-refractivity contribution in [2.24, 2.45) is 15.8 Å². The molecule has 2 atom stereocenters. The molecule has 0 spiro atoms. The number of likely N-dealkylation sites (tertiary alicyclic amines) is 1. The molecule has 0 amide bonds. The Kier molecular flexibility index (Phi) is 3.13. The van der Waals surface area contributed by atoms with Gasteiger partial charge in [0.2, 0.25) is 0 Å². The summed E-state index contributed by atoms with van der Waals surface area (Å²) in [5.41, 5.74) is 0.945. The van der Waals surface area contributed by atoms with Crippen molar-refractivity contribution in [1.82, 2.24) is 10.2 Å². The van der Waals surface area contributed by atoms with E-state index < -0.39 is 0 Å². The molecule has 1 saturated carbocycles. The summed E-state index contributed by atoms with van der Waals surface area (Å²) in [5, 5.41) is 3.61. The number of rotatable bonds is 2. The van der Waals surface area contributed by atoms with E-state index in [4.69, 9.17) is 0 Å². The highest BCUT2D eigenvalue weighted by Crippen LogP contribution is 2.44. The Labute approximate surface area is 106 Å². The van der Waals surface area contributed by atoms with Crippen molar-refractivity contribution in [3.05, 3.63) is 0 Å². The molecule has 2 aliphatic rings. The van der Waals surface area contributed by atoms with Crippen LogP contribution in [-0.2, 0) is 0 Å². The van der Waals surface area contributed by atoms with Gasteiger partial charge in [-0.15, -0.1) is 0 Å². The van der Waals surface area contributed by atoms with Gasteiger partial charge in [-0.25, -0.2) is 0 Å². The second-order valence-electron chi connectivity index (χ2n) is 6.77. The molecular formula is C14H27N3. The van der Waals surface area contributed by atoms with Crippen LogP contribution in [0, 0.1) is 10.8 Å². The molecule has 0 aromatic rings. The molecular weight excluding hydrogens is 210 g/mol. The third-order valence-corrected chi connectivity index (χ3v) is 4.74. The molecule has 3 heteroatoms. The van der Waals surface area contributed by atoms with E-state index in [-0.39, 0.29) is 0 Å². The summed E-state index contributed by atoms with van der Waals surface area (Å²) in [6, 6.07) is 0.620. The van der Waals surface area contributed by atoms with Gasteiger partial charge in [-0.1, -0.05) is 27.7 Å². The van der Waals surface area contributed by atoms with Gasteiger partial charge < -0.3 is 10.2 Å². The van der Waals surface area contributed by atoms with Crippen LogP contribution in [0.4, 0.5) is 0 Å². The summed E-state index contributed by atoms with van der Waals surface area (Å²) in [6.07, 6.45) is 3.82. The SMILES string of the molecule is CCC1(C)CCN(C(=NC)NC2CC2(C)C)C1. The first-order valence-electron chi connectivity index (χ1n) is 6.88. The van der Waals surface area contributed by atoms with Crippen LogP contribution in [0.5, 0.6) is 0 Å². The highest BCUT2D eigenvalue weighted by molar-refractivity contribution is 5.81. The van der Waals surface area contributed by atoms with Crippen molar-refractivity contribution < 1.29 is 0 Å². The summed E-state index contributed by atoms with van der Waals surface area (Å²) in [6.45, 7) is 11.6. The number of nitrogens with zero attached hydrogens (tertiary/aromatic N) is 2.